The molecule has 10 heteroatoms. The van der Waals surface area contributed by atoms with Crippen molar-refractivity contribution in [3.05, 3.63) is 24.3 Å². The number of hydrogen-bond acceptors (Lipinski definition) is 5. The Morgan fingerprint density at radius 1 is 0.974 bits per heavy atom. The first-order valence-corrected chi connectivity index (χ1v) is 15.4. The number of carbonyl (C=O) groups excluding carboxylic acids is 3. The van der Waals surface area contributed by atoms with Gasteiger partial charge in [-0.25, -0.2) is 8.42 Å². The van der Waals surface area contributed by atoms with Crippen molar-refractivity contribution in [1.82, 2.24) is 14.1 Å². The zero-order valence-corrected chi connectivity index (χ0v) is 23.9. The molecule has 0 aromatic heterocycles. The molecule has 38 heavy (non-hydrogen) atoms. The van der Waals surface area contributed by atoms with Gasteiger partial charge in [0.15, 0.2) is 0 Å². The lowest BCUT2D eigenvalue weighted by Gasteiger charge is -2.34. The third-order valence-electron chi connectivity index (χ3n) is 8.23. The summed E-state index contributed by atoms with van der Waals surface area (Å²) < 4.78 is 28.0. The highest BCUT2D eigenvalue weighted by atomic mass is 32.2. The molecule has 0 spiro atoms. The van der Waals surface area contributed by atoms with Crippen LogP contribution in [0.4, 0.5) is 5.69 Å². The number of carbonyl (C=O) groups is 3. The first-order valence-electron chi connectivity index (χ1n) is 13.9. The van der Waals surface area contributed by atoms with Gasteiger partial charge in [-0.3, -0.25) is 14.4 Å². The minimum atomic E-state index is -3.57. The fourth-order valence-electron chi connectivity index (χ4n) is 5.93. The van der Waals surface area contributed by atoms with Crippen molar-refractivity contribution in [2.75, 3.05) is 31.5 Å². The van der Waals surface area contributed by atoms with Gasteiger partial charge < -0.3 is 15.1 Å². The minimum Gasteiger partial charge on any atom is -0.342 e. The Labute approximate surface area is 227 Å². The summed E-state index contributed by atoms with van der Waals surface area (Å²) >= 11 is 0. The van der Waals surface area contributed by atoms with Crippen molar-refractivity contribution in [2.45, 2.75) is 89.1 Å². The van der Waals surface area contributed by atoms with Crippen LogP contribution in [0.25, 0.3) is 0 Å². The summed E-state index contributed by atoms with van der Waals surface area (Å²) in [6.07, 6.45) is 4.98. The van der Waals surface area contributed by atoms with Gasteiger partial charge in [-0.2, -0.15) is 4.31 Å². The third kappa shape index (κ3) is 6.06. The second-order valence-electron chi connectivity index (χ2n) is 11.9. The van der Waals surface area contributed by atoms with E-state index in [1.807, 2.05) is 27.7 Å². The lowest BCUT2D eigenvalue weighted by molar-refractivity contribution is -0.138. The number of nitrogens with zero attached hydrogens (tertiary/aromatic N) is 3. The summed E-state index contributed by atoms with van der Waals surface area (Å²) in [6.45, 7) is 9.93. The molecule has 3 amide bonds. The highest BCUT2D eigenvalue weighted by Gasteiger charge is 2.41. The Morgan fingerprint density at radius 3 is 2.21 bits per heavy atom. The van der Waals surface area contributed by atoms with Crippen LogP contribution in [-0.2, 0) is 24.4 Å². The van der Waals surface area contributed by atoms with Crippen molar-refractivity contribution >= 4 is 33.4 Å². The number of anilines is 1. The minimum absolute atomic E-state index is 0.000209. The maximum atomic E-state index is 13.2. The highest BCUT2D eigenvalue weighted by molar-refractivity contribution is 7.89. The molecule has 3 aliphatic heterocycles. The van der Waals surface area contributed by atoms with E-state index in [1.165, 1.54) is 0 Å². The number of amides is 3. The molecule has 3 fully saturated rings. The highest BCUT2D eigenvalue weighted by Crippen LogP contribution is 2.30. The van der Waals surface area contributed by atoms with E-state index in [0.717, 1.165) is 25.7 Å². The fourth-order valence-corrected chi connectivity index (χ4v) is 7.70. The van der Waals surface area contributed by atoms with Crippen LogP contribution < -0.4 is 5.32 Å². The molecule has 9 nitrogen and oxygen atoms in total. The number of benzene rings is 1. The second-order valence-corrected chi connectivity index (χ2v) is 13.8. The summed E-state index contributed by atoms with van der Waals surface area (Å²) in [5.74, 6) is -0.647. The molecular formula is C28H42N4O5S. The molecule has 0 bridgehead atoms. The molecule has 3 heterocycles. The summed E-state index contributed by atoms with van der Waals surface area (Å²) in [6, 6.07) is 6.46. The van der Waals surface area contributed by atoms with Gasteiger partial charge in [-0.05, 0) is 77.1 Å². The number of rotatable bonds is 6. The van der Waals surface area contributed by atoms with Crippen molar-refractivity contribution in [3.8, 4) is 0 Å². The average Bonchev–Trinajstić information content (AvgIpc) is 3.31. The molecule has 3 saturated heterocycles. The molecule has 1 aromatic carbocycles. The van der Waals surface area contributed by atoms with E-state index in [1.54, 1.807) is 38.4 Å². The van der Waals surface area contributed by atoms with Crippen LogP contribution in [-0.4, -0.2) is 78.0 Å². The second kappa shape index (κ2) is 11.3. The molecule has 0 saturated carbocycles. The average molecular weight is 547 g/mol. The smallest absolute Gasteiger partial charge is 0.243 e. The number of sulfonamides is 1. The van der Waals surface area contributed by atoms with Gasteiger partial charge >= 0.3 is 0 Å². The van der Waals surface area contributed by atoms with E-state index in [0.29, 0.717) is 44.7 Å². The third-order valence-corrected chi connectivity index (χ3v) is 10.2. The van der Waals surface area contributed by atoms with Crippen LogP contribution in [0.3, 0.4) is 0 Å². The van der Waals surface area contributed by atoms with Crippen molar-refractivity contribution in [1.29, 1.82) is 0 Å². The zero-order chi connectivity index (χ0) is 27.7. The van der Waals surface area contributed by atoms with E-state index in [-0.39, 0.29) is 52.5 Å². The van der Waals surface area contributed by atoms with Crippen LogP contribution in [0, 0.1) is 11.8 Å². The van der Waals surface area contributed by atoms with E-state index in [9.17, 15) is 22.8 Å². The van der Waals surface area contributed by atoms with Gasteiger partial charge in [0.1, 0.15) is 0 Å². The van der Waals surface area contributed by atoms with Gasteiger partial charge in [0.2, 0.25) is 27.7 Å². The molecule has 0 aliphatic carbocycles. The summed E-state index contributed by atoms with van der Waals surface area (Å²) in [5, 5.41) is 2.92. The molecule has 3 aliphatic rings. The van der Waals surface area contributed by atoms with Crippen LogP contribution in [0.1, 0.15) is 72.6 Å². The van der Waals surface area contributed by atoms with Gasteiger partial charge in [0, 0.05) is 55.8 Å². The lowest BCUT2D eigenvalue weighted by atomic mass is 9.94. The SMILES string of the molecule is CCC1CCCCN1S(=O)(=O)c1ccc(NC(=O)C2CCN(C(=O)C3CC(=O)N(C(C)(C)C)C3)CC2)cc1. The molecule has 210 valence electrons. The Balaban J connectivity index is 1.29. The normalized spacial score (nSPS) is 24.1. The van der Waals surface area contributed by atoms with Crippen LogP contribution in [0.15, 0.2) is 29.2 Å². The molecule has 2 unspecified atom stereocenters. The Bertz CT molecular complexity index is 1140. The Morgan fingerprint density at radius 2 is 1.63 bits per heavy atom. The standard InChI is InChI=1S/C28H42N4O5S/c1-5-23-8-6-7-15-32(23)38(36,37)24-11-9-22(10-12-24)29-26(34)20-13-16-30(17-14-20)27(35)21-18-25(33)31(19-21)28(2,3)4/h9-12,20-21,23H,5-8,13-19H2,1-4H3,(H,29,34). The maximum absolute atomic E-state index is 13.2. The first kappa shape index (κ1) is 28.5. The predicted octanol–water partition coefficient (Wildman–Crippen LogP) is 3.46. The lowest BCUT2D eigenvalue weighted by Crippen LogP contribution is -2.46. The first-order chi connectivity index (χ1) is 17.9. The van der Waals surface area contributed by atoms with Gasteiger partial charge in [0.25, 0.3) is 0 Å². The summed E-state index contributed by atoms with van der Waals surface area (Å²) in [4.78, 5) is 42.2. The monoisotopic (exact) mass is 546 g/mol. The topological polar surface area (TPSA) is 107 Å². The van der Waals surface area contributed by atoms with Gasteiger partial charge in [0.05, 0.1) is 10.8 Å². The Kier molecular flexibility index (Phi) is 8.52. The number of hydrogen-bond donors (Lipinski definition) is 1. The zero-order valence-electron chi connectivity index (χ0n) is 23.1. The van der Waals surface area contributed by atoms with E-state index in [4.69, 9.17) is 0 Å². The molecule has 4 rings (SSSR count). The maximum Gasteiger partial charge on any atom is 0.243 e. The summed E-state index contributed by atoms with van der Waals surface area (Å²) in [7, 11) is -3.57. The van der Waals surface area contributed by atoms with E-state index >= 15 is 0 Å². The molecule has 1 aromatic rings. The quantitative estimate of drug-likeness (QED) is 0.588. The van der Waals surface area contributed by atoms with E-state index < -0.39 is 10.0 Å². The van der Waals surface area contributed by atoms with Crippen LogP contribution in [0.2, 0.25) is 0 Å². The molecule has 2 atom stereocenters. The fraction of sp³-hybridized carbons (Fsp3) is 0.679. The number of likely N-dealkylation sites (tertiary alicyclic amines) is 2. The molecular weight excluding hydrogens is 504 g/mol. The molecule has 1 N–H and O–H groups in total. The number of nitrogens with one attached hydrogen (secondary N) is 1. The number of piperidine rings is 2. The van der Waals surface area contributed by atoms with Crippen molar-refractivity contribution in [2.24, 2.45) is 11.8 Å². The Hall–Kier alpha value is -2.46. The van der Waals surface area contributed by atoms with Crippen molar-refractivity contribution in [3.63, 3.8) is 0 Å². The largest absolute Gasteiger partial charge is 0.342 e. The van der Waals surface area contributed by atoms with Crippen molar-refractivity contribution < 1.29 is 22.8 Å². The van der Waals surface area contributed by atoms with Crippen LogP contribution >= 0.6 is 0 Å². The van der Waals surface area contributed by atoms with E-state index in [2.05, 4.69) is 5.32 Å². The van der Waals surface area contributed by atoms with Gasteiger partial charge in [-0.1, -0.05) is 13.3 Å². The summed E-state index contributed by atoms with van der Waals surface area (Å²) in [5.41, 5.74) is 0.260. The van der Waals surface area contributed by atoms with Gasteiger partial charge in [-0.15, -0.1) is 0 Å². The predicted molar refractivity (Wildman–Crippen MR) is 146 cm³/mol. The molecule has 0 radical (unpaired) electrons. The van der Waals surface area contributed by atoms with Crippen LogP contribution in [0.5, 0.6) is 0 Å².